The number of methoxy groups -OCH3 is 1. The third-order valence-corrected chi connectivity index (χ3v) is 4.70. The standard InChI is InChI=1S/C14H23NO6Si/c1-21-12(17)14(10-15(19)20)6-5-13(18,9-11(14)16)7-8-22(2,3)4/h11,16,18H,5-6,9-10H2,1-4H3/t11-,13+,14+/m1/s1. The van der Waals surface area contributed by atoms with Crippen molar-refractivity contribution >= 4 is 14.0 Å². The van der Waals surface area contributed by atoms with Gasteiger partial charge in [0.15, 0.2) is 5.41 Å². The van der Waals surface area contributed by atoms with Crippen molar-refractivity contribution in [2.24, 2.45) is 5.41 Å². The molecule has 0 aromatic carbocycles. The number of aliphatic hydroxyl groups excluding tert-OH is 1. The van der Waals surface area contributed by atoms with Gasteiger partial charge in [-0.15, -0.1) is 5.54 Å². The molecule has 1 rings (SSSR count). The average Bonchev–Trinajstić information content (AvgIpc) is 2.38. The van der Waals surface area contributed by atoms with Crippen LogP contribution in [0.4, 0.5) is 0 Å². The molecule has 8 heteroatoms. The van der Waals surface area contributed by atoms with Crippen LogP contribution in [0.3, 0.4) is 0 Å². The number of rotatable bonds is 3. The normalized spacial score (nSPS) is 31.8. The summed E-state index contributed by atoms with van der Waals surface area (Å²) >= 11 is 0. The first-order valence-electron chi connectivity index (χ1n) is 7.09. The van der Waals surface area contributed by atoms with Crippen LogP contribution in [0.5, 0.6) is 0 Å². The van der Waals surface area contributed by atoms with Crippen LogP contribution in [0.1, 0.15) is 19.3 Å². The zero-order valence-corrected chi connectivity index (χ0v) is 14.4. The Labute approximate surface area is 130 Å². The molecule has 1 aliphatic carbocycles. The van der Waals surface area contributed by atoms with Gasteiger partial charge >= 0.3 is 5.97 Å². The Morgan fingerprint density at radius 2 is 2.05 bits per heavy atom. The lowest BCUT2D eigenvalue weighted by atomic mass is 9.66. The summed E-state index contributed by atoms with van der Waals surface area (Å²) in [5.41, 5.74) is -0.000809. The third-order valence-electron chi connectivity index (χ3n) is 3.83. The second-order valence-electron chi connectivity index (χ2n) is 6.89. The molecule has 2 N–H and O–H groups in total. The highest BCUT2D eigenvalue weighted by Gasteiger charge is 2.56. The topological polar surface area (TPSA) is 110 Å². The van der Waals surface area contributed by atoms with Crippen LogP contribution < -0.4 is 0 Å². The molecule has 0 aromatic heterocycles. The van der Waals surface area contributed by atoms with Crippen molar-refractivity contribution in [2.75, 3.05) is 13.7 Å². The second-order valence-corrected chi connectivity index (χ2v) is 11.6. The van der Waals surface area contributed by atoms with Crippen molar-refractivity contribution in [2.45, 2.75) is 50.6 Å². The number of esters is 1. The highest BCUT2D eigenvalue weighted by molar-refractivity contribution is 6.83. The summed E-state index contributed by atoms with van der Waals surface area (Å²) in [4.78, 5) is 22.2. The molecule has 0 amide bonds. The average molecular weight is 329 g/mol. The Morgan fingerprint density at radius 3 is 2.45 bits per heavy atom. The van der Waals surface area contributed by atoms with Crippen molar-refractivity contribution in [3.63, 3.8) is 0 Å². The van der Waals surface area contributed by atoms with E-state index in [1.165, 1.54) is 0 Å². The predicted octanol–water partition coefficient (Wildman–Crippen LogP) is 0.579. The fourth-order valence-electron chi connectivity index (χ4n) is 2.55. The highest BCUT2D eigenvalue weighted by Crippen LogP contribution is 2.42. The number of nitrogens with zero attached hydrogens (tertiary/aromatic N) is 1. The smallest absolute Gasteiger partial charge is 0.321 e. The monoisotopic (exact) mass is 329 g/mol. The minimum atomic E-state index is -1.70. The molecule has 22 heavy (non-hydrogen) atoms. The number of ether oxygens (including phenoxy) is 1. The van der Waals surface area contributed by atoms with Crippen LogP contribution in [0.2, 0.25) is 19.6 Å². The molecule has 3 atom stereocenters. The molecule has 1 aliphatic rings. The molecular weight excluding hydrogens is 306 g/mol. The molecule has 1 saturated carbocycles. The van der Waals surface area contributed by atoms with Gasteiger partial charge in [-0.25, -0.2) is 0 Å². The van der Waals surface area contributed by atoms with Gasteiger partial charge in [-0.1, -0.05) is 25.6 Å². The van der Waals surface area contributed by atoms with Gasteiger partial charge in [0.05, 0.1) is 13.2 Å². The molecule has 0 radical (unpaired) electrons. The molecule has 0 saturated heterocycles. The Balaban J connectivity index is 3.05. The van der Waals surface area contributed by atoms with Crippen molar-refractivity contribution in [3.8, 4) is 11.5 Å². The van der Waals surface area contributed by atoms with Gasteiger partial charge in [-0.2, -0.15) is 0 Å². The number of carbonyl (C=O) groups is 1. The summed E-state index contributed by atoms with van der Waals surface area (Å²) in [6, 6.07) is 0. The first-order chi connectivity index (χ1) is 9.94. The first-order valence-corrected chi connectivity index (χ1v) is 10.6. The fourth-order valence-corrected chi connectivity index (χ4v) is 3.16. The molecule has 0 heterocycles. The Bertz CT molecular complexity index is 520. The lowest BCUT2D eigenvalue weighted by molar-refractivity contribution is -0.499. The molecule has 0 unspecified atom stereocenters. The van der Waals surface area contributed by atoms with E-state index < -0.39 is 42.6 Å². The van der Waals surface area contributed by atoms with Gasteiger partial charge in [0.25, 0.3) is 0 Å². The quantitative estimate of drug-likeness (QED) is 0.258. The lowest BCUT2D eigenvalue weighted by Crippen LogP contribution is -2.55. The predicted molar refractivity (Wildman–Crippen MR) is 82.2 cm³/mol. The summed E-state index contributed by atoms with van der Waals surface area (Å²) < 4.78 is 4.63. The summed E-state index contributed by atoms with van der Waals surface area (Å²) in [5.74, 6) is 1.98. The Hall–Kier alpha value is -1.43. The minimum absolute atomic E-state index is 0.0430. The third kappa shape index (κ3) is 4.29. The molecular formula is C14H23NO6Si. The van der Waals surface area contributed by atoms with Gasteiger partial charge < -0.3 is 14.9 Å². The number of aliphatic hydroxyl groups is 2. The summed E-state index contributed by atoms with van der Waals surface area (Å²) in [6.45, 7) is 5.34. The maximum Gasteiger partial charge on any atom is 0.321 e. The van der Waals surface area contributed by atoms with E-state index in [2.05, 4.69) is 16.2 Å². The van der Waals surface area contributed by atoms with Gasteiger partial charge in [-0.05, 0) is 12.8 Å². The SMILES string of the molecule is COC(=O)[C@]1(C[N+](=O)[O-])CC[C@](O)(C#C[Si](C)(C)C)C[C@H]1O. The van der Waals surface area contributed by atoms with E-state index in [1.807, 2.05) is 19.6 Å². The minimum Gasteiger partial charge on any atom is -0.468 e. The van der Waals surface area contributed by atoms with Crippen molar-refractivity contribution in [1.29, 1.82) is 0 Å². The molecule has 124 valence electrons. The van der Waals surface area contributed by atoms with Crippen LogP contribution in [0.25, 0.3) is 0 Å². The van der Waals surface area contributed by atoms with E-state index in [1.54, 1.807) is 0 Å². The maximum atomic E-state index is 12.0. The molecule has 0 aliphatic heterocycles. The first kappa shape index (κ1) is 18.6. The molecule has 7 nitrogen and oxygen atoms in total. The molecule has 0 aromatic rings. The number of carbonyl (C=O) groups excluding carboxylic acids is 1. The van der Waals surface area contributed by atoms with Gasteiger partial charge in [0.2, 0.25) is 6.54 Å². The van der Waals surface area contributed by atoms with Crippen LogP contribution in [-0.2, 0) is 9.53 Å². The Morgan fingerprint density at radius 1 is 1.45 bits per heavy atom. The maximum absolute atomic E-state index is 12.0. The molecule has 1 fully saturated rings. The largest absolute Gasteiger partial charge is 0.468 e. The van der Waals surface area contributed by atoms with Gasteiger partial charge in [0.1, 0.15) is 13.7 Å². The summed E-state index contributed by atoms with van der Waals surface area (Å²) in [7, 11) is -0.576. The molecule has 0 bridgehead atoms. The fraction of sp³-hybridized carbons (Fsp3) is 0.786. The summed E-state index contributed by atoms with van der Waals surface area (Å²) in [6.07, 6.45) is -1.53. The van der Waals surface area contributed by atoms with Crippen molar-refractivity contribution < 1.29 is 24.7 Å². The van der Waals surface area contributed by atoms with E-state index in [0.717, 1.165) is 7.11 Å². The lowest BCUT2D eigenvalue weighted by Gasteiger charge is -2.41. The van der Waals surface area contributed by atoms with Crippen LogP contribution in [0, 0.1) is 27.0 Å². The van der Waals surface area contributed by atoms with E-state index in [9.17, 15) is 25.1 Å². The van der Waals surface area contributed by atoms with E-state index in [-0.39, 0.29) is 19.3 Å². The van der Waals surface area contributed by atoms with Crippen molar-refractivity contribution in [1.82, 2.24) is 0 Å². The van der Waals surface area contributed by atoms with E-state index in [4.69, 9.17) is 0 Å². The van der Waals surface area contributed by atoms with Gasteiger partial charge in [-0.3, -0.25) is 14.9 Å². The van der Waals surface area contributed by atoms with Crippen LogP contribution in [-0.4, -0.2) is 54.5 Å². The van der Waals surface area contributed by atoms with Crippen LogP contribution >= 0.6 is 0 Å². The Kier molecular flexibility index (Phi) is 5.38. The summed E-state index contributed by atoms with van der Waals surface area (Å²) in [5, 5.41) is 31.7. The zero-order chi connectivity index (χ0) is 17.2. The van der Waals surface area contributed by atoms with E-state index in [0.29, 0.717) is 0 Å². The van der Waals surface area contributed by atoms with Gasteiger partial charge in [0, 0.05) is 11.3 Å². The second kappa shape index (κ2) is 6.36. The highest BCUT2D eigenvalue weighted by atomic mass is 28.3. The number of hydrogen-bond donors (Lipinski definition) is 2. The van der Waals surface area contributed by atoms with Crippen LogP contribution in [0.15, 0.2) is 0 Å². The molecule has 0 spiro atoms. The number of hydrogen-bond acceptors (Lipinski definition) is 6. The number of nitro groups is 1. The van der Waals surface area contributed by atoms with E-state index >= 15 is 0 Å². The zero-order valence-electron chi connectivity index (χ0n) is 13.4. The van der Waals surface area contributed by atoms with Crippen molar-refractivity contribution in [3.05, 3.63) is 10.1 Å².